The largest absolute Gasteiger partial charge is 0.508 e. The topological polar surface area (TPSA) is 71.1 Å². The maximum absolute atomic E-state index is 11.9. The standard InChI is InChI=1S/C20H36O6/c1-5-7-8-16(6-2)14-24-20(22)26-18-11-9-17(10-12-18)25-19(21)23-13-15(3)4/h15-18H,5-14H2,1-4H3. The summed E-state index contributed by atoms with van der Waals surface area (Å²) in [6.07, 6.45) is 5.55. The van der Waals surface area contributed by atoms with E-state index >= 15 is 0 Å². The quantitative estimate of drug-likeness (QED) is 0.473. The molecule has 1 aliphatic rings. The highest BCUT2D eigenvalue weighted by molar-refractivity contribution is 5.60. The summed E-state index contributed by atoms with van der Waals surface area (Å²) in [5.74, 6) is 0.690. The average Bonchev–Trinajstić information content (AvgIpc) is 2.62. The van der Waals surface area contributed by atoms with Crippen molar-refractivity contribution in [1.82, 2.24) is 0 Å². The smallest absolute Gasteiger partial charge is 0.434 e. The van der Waals surface area contributed by atoms with E-state index in [1.807, 2.05) is 13.8 Å². The lowest BCUT2D eigenvalue weighted by atomic mass is 9.95. The summed E-state index contributed by atoms with van der Waals surface area (Å²) in [7, 11) is 0. The van der Waals surface area contributed by atoms with Gasteiger partial charge >= 0.3 is 12.3 Å². The van der Waals surface area contributed by atoms with Crippen LogP contribution in [-0.4, -0.2) is 37.7 Å². The Bertz CT molecular complexity index is 401. The SMILES string of the molecule is CCCCC(CC)COC(=O)OC1CCC(OC(=O)OCC(C)C)CC1. The molecule has 1 saturated carbocycles. The minimum atomic E-state index is -0.611. The molecule has 0 bridgehead atoms. The van der Waals surface area contributed by atoms with Crippen molar-refractivity contribution in [1.29, 1.82) is 0 Å². The zero-order valence-electron chi connectivity index (χ0n) is 16.8. The van der Waals surface area contributed by atoms with Crippen LogP contribution < -0.4 is 0 Å². The monoisotopic (exact) mass is 372 g/mol. The van der Waals surface area contributed by atoms with Gasteiger partial charge in [0, 0.05) is 0 Å². The van der Waals surface area contributed by atoms with E-state index in [-0.39, 0.29) is 18.1 Å². The molecule has 0 radical (unpaired) electrons. The number of hydrogen-bond donors (Lipinski definition) is 0. The number of ether oxygens (including phenoxy) is 4. The lowest BCUT2D eigenvalue weighted by Crippen LogP contribution is -2.30. The van der Waals surface area contributed by atoms with Crippen molar-refractivity contribution in [3.05, 3.63) is 0 Å². The first kappa shape index (κ1) is 22.6. The van der Waals surface area contributed by atoms with Gasteiger partial charge in [0.2, 0.25) is 0 Å². The van der Waals surface area contributed by atoms with Gasteiger partial charge in [0.25, 0.3) is 0 Å². The van der Waals surface area contributed by atoms with Crippen molar-refractivity contribution in [3.63, 3.8) is 0 Å². The average molecular weight is 373 g/mol. The van der Waals surface area contributed by atoms with Crippen molar-refractivity contribution >= 4 is 12.3 Å². The number of carbonyl (C=O) groups is 2. The minimum Gasteiger partial charge on any atom is -0.434 e. The highest BCUT2D eigenvalue weighted by atomic mass is 16.7. The van der Waals surface area contributed by atoms with E-state index in [2.05, 4.69) is 13.8 Å². The molecule has 1 fully saturated rings. The predicted molar refractivity (Wildman–Crippen MR) is 99.1 cm³/mol. The third-order valence-electron chi connectivity index (χ3n) is 4.66. The molecule has 26 heavy (non-hydrogen) atoms. The zero-order chi connectivity index (χ0) is 19.4. The van der Waals surface area contributed by atoms with E-state index in [9.17, 15) is 9.59 Å². The Hall–Kier alpha value is -1.46. The van der Waals surface area contributed by atoms with Crippen molar-refractivity contribution in [2.45, 2.75) is 91.3 Å². The highest BCUT2D eigenvalue weighted by Crippen LogP contribution is 2.24. The van der Waals surface area contributed by atoms with Crippen LogP contribution in [0.1, 0.15) is 79.1 Å². The maximum atomic E-state index is 11.9. The molecule has 0 aromatic rings. The molecule has 152 valence electrons. The normalized spacial score (nSPS) is 21.1. The lowest BCUT2D eigenvalue weighted by Gasteiger charge is -2.27. The van der Waals surface area contributed by atoms with Crippen LogP contribution in [0.25, 0.3) is 0 Å². The summed E-state index contributed by atoms with van der Waals surface area (Å²) in [4.78, 5) is 23.4. The Morgan fingerprint density at radius 2 is 1.38 bits per heavy atom. The van der Waals surface area contributed by atoms with Crippen molar-refractivity contribution < 1.29 is 28.5 Å². The second-order valence-electron chi connectivity index (χ2n) is 7.57. The van der Waals surface area contributed by atoms with Crippen LogP contribution in [-0.2, 0) is 18.9 Å². The van der Waals surface area contributed by atoms with Gasteiger partial charge < -0.3 is 18.9 Å². The molecular weight excluding hydrogens is 336 g/mol. The van der Waals surface area contributed by atoms with E-state index in [1.165, 1.54) is 0 Å². The Labute approximate surface area is 157 Å². The zero-order valence-corrected chi connectivity index (χ0v) is 16.8. The summed E-state index contributed by atoms with van der Waals surface area (Å²) in [6.45, 7) is 9.01. The predicted octanol–water partition coefficient (Wildman–Crippen LogP) is 5.48. The molecule has 1 aliphatic carbocycles. The molecule has 0 spiro atoms. The van der Waals surface area contributed by atoms with Crippen LogP contribution in [0.4, 0.5) is 9.59 Å². The number of hydrogen-bond acceptors (Lipinski definition) is 6. The van der Waals surface area contributed by atoms with Crippen molar-refractivity contribution in [2.24, 2.45) is 11.8 Å². The van der Waals surface area contributed by atoms with Crippen LogP contribution >= 0.6 is 0 Å². The Kier molecular flexibility index (Phi) is 11.1. The summed E-state index contributed by atoms with van der Waals surface area (Å²) in [5.41, 5.74) is 0. The van der Waals surface area contributed by atoms with E-state index in [0.717, 1.165) is 25.7 Å². The molecule has 1 rings (SSSR count). The van der Waals surface area contributed by atoms with E-state index in [0.29, 0.717) is 44.8 Å². The second-order valence-corrected chi connectivity index (χ2v) is 7.57. The molecule has 0 amide bonds. The Morgan fingerprint density at radius 1 is 0.885 bits per heavy atom. The van der Waals surface area contributed by atoms with Crippen LogP contribution in [0, 0.1) is 11.8 Å². The van der Waals surface area contributed by atoms with Crippen molar-refractivity contribution in [2.75, 3.05) is 13.2 Å². The summed E-state index contributed by atoms with van der Waals surface area (Å²) in [6, 6.07) is 0. The van der Waals surface area contributed by atoms with Gasteiger partial charge in [-0.2, -0.15) is 0 Å². The van der Waals surface area contributed by atoms with Gasteiger partial charge in [0.1, 0.15) is 12.2 Å². The Balaban J connectivity index is 2.18. The molecule has 6 heteroatoms. The molecule has 0 N–H and O–H groups in total. The van der Waals surface area contributed by atoms with Gasteiger partial charge in [-0.05, 0) is 43.9 Å². The van der Waals surface area contributed by atoms with Gasteiger partial charge in [-0.3, -0.25) is 0 Å². The first-order chi connectivity index (χ1) is 12.4. The number of unbranched alkanes of at least 4 members (excludes halogenated alkanes) is 1. The molecule has 1 atom stereocenters. The molecule has 0 aliphatic heterocycles. The summed E-state index contributed by atoms with van der Waals surface area (Å²) in [5, 5.41) is 0. The van der Waals surface area contributed by atoms with Gasteiger partial charge in [0.15, 0.2) is 0 Å². The van der Waals surface area contributed by atoms with Crippen LogP contribution in [0.5, 0.6) is 0 Å². The minimum absolute atomic E-state index is 0.162. The third-order valence-corrected chi connectivity index (χ3v) is 4.66. The molecule has 0 aromatic carbocycles. The molecule has 6 nitrogen and oxygen atoms in total. The van der Waals surface area contributed by atoms with Gasteiger partial charge in [-0.1, -0.05) is 47.0 Å². The number of carbonyl (C=O) groups excluding carboxylic acids is 2. The molecule has 1 unspecified atom stereocenters. The fraction of sp³-hybridized carbons (Fsp3) is 0.900. The fourth-order valence-electron chi connectivity index (χ4n) is 2.93. The van der Waals surface area contributed by atoms with E-state index in [1.54, 1.807) is 0 Å². The van der Waals surface area contributed by atoms with Crippen LogP contribution in [0.3, 0.4) is 0 Å². The van der Waals surface area contributed by atoms with E-state index in [4.69, 9.17) is 18.9 Å². The lowest BCUT2D eigenvalue weighted by molar-refractivity contribution is -0.0309. The first-order valence-electron chi connectivity index (χ1n) is 10.1. The summed E-state index contributed by atoms with van der Waals surface area (Å²) < 4.78 is 21.0. The van der Waals surface area contributed by atoms with Crippen LogP contribution in [0.2, 0.25) is 0 Å². The van der Waals surface area contributed by atoms with Gasteiger partial charge in [-0.25, -0.2) is 9.59 Å². The summed E-state index contributed by atoms with van der Waals surface area (Å²) >= 11 is 0. The molecule has 0 saturated heterocycles. The van der Waals surface area contributed by atoms with Gasteiger partial charge in [0.05, 0.1) is 13.2 Å². The maximum Gasteiger partial charge on any atom is 0.508 e. The molecular formula is C20H36O6. The second kappa shape index (κ2) is 12.8. The Morgan fingerprint density at radius 3 is 1.81 bits per heavy atom. The van der Waals surface area contributed by atoms with E-state index < -0.39 is 12.3 Å². The highest BCUT2D eigenvalue weighted by Gasteiger charge is 2.27. The fourth-order valence-corrected chi connectivity index (χ4v) is 2.93. The molecule has 0 heterocycles. The number of rotatable bonds is 10. The van der Waals surface area contributed by atoms with Gasteiger partial charge in [-0.15, -0.1) is 0 Å². The third kappa shape index (κ3) is 9.88. The van der Waals surface area contributed by atoms with Crippen molar-refractivity contribution in [3.8, 4) is 0 Å². The first-order valence-corrected chi connectivity index (χ1v) is 10.1. The van der Waals surface area contributed by atoms with Crippen LogP contribution in [0.15, 0.2) is 0 Å². The molecule has 0 aromatic heterocycles.